The highest BCUT2D eigenvalue weighted by Gasteiger charge is 2.63. The van der Waals surface area contributed by atoms with E-state index in [4.69, 9.17) is 80.5 Å². The number of hydrogen-bond acceptors (Lipinski definition) is 46. The Balaban J connectivity index is 1.30. The van der Waals surface area contributed by atoms with Gasteiger partial charge >= 0.3 is 0 Å². The quantitative estimate of drug-likeness (QED) is 0.0331. The Kier molecular flexibility index (Phi) is 33.1. The van der Waals surface area contributed by atoms with Crippen LogP contribution in [0.3, 0.4) is 0 Å². The van der Waals surface area contributed by atoms with E-state index in [2.05, 4.69) is 21.3 Å². The van der Waals surface area contributed by atoms with Crippen LogP contribution in [0.2, 0.25) is 0 Å². The smallest absolute Gasteiger partial charge is 0.217 e. The first-order valence-electron chi connectivity index (χ1n) is 35.6. The molecule has 648 valence electrons. The number of rotatable bonds is 29. The molecule has 0 aromatic heterocycles. The van der Waals surface area contributed by atoms with Gasteiger partial charge in [-0.1, -0.05) is 0 Å². The van der Waals surface area contributed by atoms with E-state index in [1.54, 1.807) is 0 Å². The van der Waals surface area contributed by atoms with Crippen molar-refractivity contribution in [1.29, 1.82) is 0 Å². The molecule has 50 nitrogen and oxygen atoms in total. The first-order chi connectivity index (χ1) is 53.0. The summed E-state index contributed by atoms with van der Waals surface area (Å²) in [5, 5.41) is 288. The van der Waals surface area contributed by atoms with E-state index in [9.17, 15) is 147 Å². The number of ether oxygens (including phenoxy) is 17. The summed E-state index contributed by atoms with van der Waals surface area (Å²) in [5.74, 6) is -4.05. The normalized spacial score (nSPS) is 48.9. The second-order valence-electron chi connectivity index (χ2n) is 28.2. The number of amides is 4. The molecule has 0 aliphatic carbocycles. The van der Waals surface area contributed by atoms with E-state index in [-0.39, 0.29) is 0 Å². The molecule has 9 saturated heterocycles. The second-order valence-corrected chi connectivity index (χ2v) is 28.2. The minimum absolute atomic E-state index is 0.835. The summed E-state index contributed by atoms with van der Waals surface area (Å²) in [5.41, 5.74) is 0. The van der Waals surface area contributed by atoms with Gasteiger partial charge in [0.05, 0.1) is 59.5 Å². The average Bonchev–Trinajstić information content (AvgIpc) is 0.750. The van der Waals surface area contributed by atoms with Gasteiger partial charge in [-0.2, -0.15) is 0 Å². The van der Waals surface area contributed by atoms with E-state index < -0.39 is 359 Å². The third kappa shape index (κ3) is 20.2. The van der Waals surface area contributed by atoms with Crippen molar-refractivity contribution >= 4 is 23.6 Å². The van der Waals surface area contributed by atoms with Crippen molar-refractivity contribution in [2.45, 2.75) is 304 Å². The molecule has 9 heterocycles. The van der Waals surface area contributed by atoms with Crippen molar-refractivity contribution in [3.05, 3.63) is 0 Å². The predicted octanol–water partition coefficient (Wildman–Crippen LogP) is -20.1. The molecule has 0 aromatic carbocycles. The fraction of sp³-hybridized carbons (Fsp3) is 0.935. The number of aliphatic hydroxyl groups is 25. The molecular formula is C62H104N4O46. The zero-order chi connectivity index (χ0) is 82.5. The van der Waals surface area contributed by atoms with Crippen LogP contribution in [-0.2, 0) is 99.7 Å². The molecule has 9 rings (SSSR count). The van der Waals surface area contributed by atoms with Gasteiger partial charge in [0.1, 0.15) is 219 Å². The summed E-state index contributed by atoms with van der Waals surface area (Å²) < 4.78 is 106. The van der Waals surface area contributed by atoms with Crippen LogP contribution in [0.5, 0.6) is 0 Å². The van der Waals surface area contributed by atoms with Gasteiger partial charge < -0.3 is 229 Å². The van der Waals surface area contributed by atoms with Crippen molar-refractivity contribution in [3.8, 4) is 0 Å². The zero-order valence-electron chi connectivity index (χ0n) is 60.1. The Bertz CT molecular complexity index is 2970. The highest BCUT2D eigenvalue weighted by Crippen LogP contribution is 2.42. The monoisotopic (exact) mass is 1640 g/mol. The maximum Gasteiger partial charge on any atom is 0.217 e. The van der Waals surface area contributed by atoms with E-state index in [1.165, 1.54) is 0 Å². The molecule has 50 heteroatoms. The lowest BCUT2D eigenvalue weighted by atomic mass is 9.93. The largest absolute Gasteiger partial charge is 0.394 e. The van der Waals surface area contributed by atoms with Crippen LogP contribution < -0.4 is 21.3 Å². The second kappa shape index (κ2) is 40.3. The summed E-state index contributed by atoms with van der Waals surface area (Å²) in [6.45, 7) is -7.09. The van der Waals surface area contributed by atoms with E-state index >= 15 is 0 Å². The standard InChI is InChI=1S/C62H104N4O46/c1-14(75)63-27-39(87)31(79)18(5-67)97-54(27)96-13-26-48(106-61-52(110-55-28(64-15(2)76)40(88)32(80)19(6-68)98-55)50(37(85)24(11-73)103-61)108-58-45(93)42(90)34(82)21(8-70)100-58)49(30(66-17(4)78)57(105-26)112-60-47(95)44(92)36(84)23(10-72)102-60)107-62-53(111-56-29(65-16(3)77)41(89)33(81)20(7-69)99-56)51(38(86)25(12-74)104-62)109-59-46(94)43(91)35(83)22(9-71)101-59/h18-62,67-74,79-95H,5-13H2,1-4H3,(H,63,75)(H,64,76)(H,65,77)(H,66,78)/t18-,19-,20-,21-,22-,23-,24-,25-,26-,27-,28-,29-,30-,31-,32-,33-,34+,35+,36-,37-,38-,39-,40-,41-,42+,43+,44+,45-,46-,47+,48-,49-,50+,51+,52+,53+,54-,55+,56+,57+,58+,59+,60+,61-,62-/m1/s1. The van der Waals surface area contributed by atoms with Gasteiger partial charge in [-0.3, -0.25) is 19.2 Å². The lowest BCUT2D eigenvalue weighted by Gasteiger charge is -2.54. The van der Waals surface area contributed by atoms with Gasteiger partial charge in [0.2, 0.25) is 23.6 Å². The fourth-order valence-corrected chi connectivity index (χ4v) is 14.3. The first-order valence-corrected chi connectivity index (χ1v) is 35.6. The summed E-state index contributed by atoms with van der Waals surface area (Å²) in [7, 11) is 0. The molecule has 4 amide bonds. The van der Waals surface area contributed by atoms with E-state index in [1.807, 2.05) is 0 Å². The third-order valence-electron chi connectivity index (χ3n) is 20.4. The predicted molar refractivity (Wildman–Crippen MR) is 343 cm³/mol. The zero-order valence-corrected chi connectivity index (χ0v) is 60.1. The minimum Gasteiger partial charge on any atom is -0.394 e. The maximum absolute atomic E-state index is 14.2. The number of hydrogen-bond donors (Lipinski definition) is 29. The number of nitrogens with one attached hydrogen (secondary N) is 4. The summed E-state index contributed by atoms with van der Waals surface area (Å²) in [6.07, 6.45) is -91.9. The topological polar surface area (TPSA) is 779 Å². The van der Waals surface area contributed by atoms with Crippen molar-refractivity contribution in [2.24, 2.45) is 0 Å². The summed E-state index contributed by atoms with van der Waals surface area (Å²) in [4.78, 5) is 53.1. The maximum atomic E-state index is 14.2. The Morgan fingerprint density at radius 2 is 0.446 bits per heavy atom. The molecule has 0 bridgehead atoms. The molecule has 0 saturated carbocycles. The van der Waals surface area contributed by atoms with Crippen molar-refractivity contribution in [3.63, 3.8) is 0 Å². The molecule has 0 spiro atoms. The van der Waals surface area contributed by atoms with Crippen molar-refractivity contribution < 1.29 is 227 Å². The Hall–Kier alpha value is -3.80. The summed E-state index contributed by atoms with van der Waals surface area (Å²) in [6, 6.07) is -8.21. The van der Waals surface area contributed by atoms with Gasteiger partial charge in [-0.15, -0.1) is 0 Å². The third-order valence-corrected chi connectivity index (χ3v) is 20.4. The van der Waals surface area contributed by atoms with Crippen LogP contribution in [-0.4, -0.2) is 487 Å². The Morgan fingerprint density at radius 3 is 0.768 bits per heavy atom. The van der Waals surface area contributed by atoms with Crippen LogP contribution in [0.4, 0.5) is 0 Å². The Labute approximate surface area is 634 Å². The van der Waals surface area contributed by atoms with Crippen LogP contribution in [0.15, 0.2) is 0 Å². The molecular weight excluding hydrogens is 1540 g/mol. The van der Waals surface area contributed by atoms with Crippen LogP contribution in [0.25, 0.3) is 0 Å². The van der Waals surface area contributed by atoms with Crippen LogP contribution in [0, 0.1) is 0 Å². The number of aliphatic hydroxyl groups excluding tert-OH is 25. The minimum atomic E-state index is -2.66. The van der Waals surface area contributed by atoms with Gasteiger partial charge in [0.25, 0.3) is 0 Å². The summed E-state index contributed by atoms with van der Waals surface area (Å²) >= 11 is 0. The molecule has 0 aromatic rings. The molecule has 0 unspecified atom stereocenters. The fourth-order valence-electron chi connectivity index (χ4n) is 14.3. The SMILES string of the molecule is CC(=O)N[C@H]1[C@H](OC[C@H]2O[C@@H](O[C@@H]3O[C@H](CO)[C@@H](O)[C@H](O)[C@@H]3O)[C@H](NC(C)=O)[C@@H](O[C@H]3O[C@H](CO)[C@@H](O)[C@H](O[C@@H]4O[C@H](CO)[C@H](O)[C@H](O)[C@H]4O)[C@@H]3O[C@@H]3O[C@H](CO)[C@@H](O)[C@H](O)[C@H]3NC(C)=O)[C@@H]2O[C@H]2O[C@H](CO)[C@@H](O)[C@H](O[C@@H]3O[C@H](CO)[C@H](O)[C@H](O)[C@H]3O)[C@@H]2O[C@@H]2O[C@H](CO)[C@@H](O)[C@H](O)[C@H]2NC(C)=O)O[C@H](CO)[C@@H](O)[C@@H]1O. The molecule has 9 aliphatic heterocycles. The van der Waals surface area contributed by atoms with Gasteiger partial charge in [0, 0.05) is 27.7 Å². The molecule has 29 N–H and O–H groups in total. The average molecular weight is 1640 g/mol. The molecule has 112 heavy (non-hydrogen) atoms. The van der Waals surface area contributed by atoms with Gasteiger partial charge in [-0.05, 0) is 0 Å². The first kappa shape index (κ1) is 92.1. The van der Waals surface area contributed by atoms with Crippen LogP contribution >= 0.6 is 0 Å². The highest BCUT2D eigenvalue weighted by atomic mass is 16.8. The number of carbonyl (C=O) groups is 4. The molecule has 45 atom stereocenters. The molecule has 9 fully saturated rings. The lowest BCUT2D eigenvalue weighted by molar-refractivity contribution is -0.420. The van der Waals surface area contributed by atoms with E-state index in [0.29, 0.717) is 0 Å². The van der Waals surface area contributed by atoms with Crippen LogP contribution in [0.1, 0.15) is 27.7 Å². The van der Waals surface area contributed by atoms with Crippen molar-refractivity contribution in [1.82, 2.24) is 21.3 Å². The lowest BCUT2D eigenvalue weighted by Crippen LogP contribution is -2.73. The van der Waals surface area contributed by atoms with Gasteiger partial charge in [-0.25, -0.2) is 0 Å². The number of carbonyl (C=O) groups excluding carboxylic acids is 4. The van der Waals surface area contributed by atoms with E-state index in [0.717, 1.165) is 27.7 Å². The Morgan fingerprint density at radius 1 is 0.223 bits per heavy atom. The molecule has 9 aliphatic rings. The molecule has 0 radical (unpaired) electrons. The van der Waals surface area contributed by atoms with Gasteiger partial charge in [0.15, 0.2) is 56.6 Å². The highest BCUT2D eigenvalue weighted by molar-refractivity contribution is 5.74. The van der Waals surface area contributed by atoms with Crippen molar-refractivity contribution in [2.75, 3.05) is 59.5 Å².